The summed E-state index contributed by atoms with van der Waals surface area (Å²) in [6.07, 6.45) is 0. The van der Waals surface area contributed by atoms with E-state index in [1.54, 1.807) is 36.9 Å². The molecule has 0 saturated carbocycles. The number of aromatic nitrogens is 3. The number of ether oxygens (including phenoxy) is 1. The minimum atomic E-state index is -0.387. The van der Waals surface area contributed by atoms with Gasteiger partial charge in [-0.1, -0.05) is 12.1 Å². The molecule has 22 heavy (non-hydrogen) atoms. The molecule has 2 rings (SSSR count). The molecule has 1 aromatic heterocycles. The highest BCUT2D eigenvalue weighted by molar-refractivity contribution is 5.89. The lowest BCUT2D eigenvalue weighted by molar-refractivity contribution is 0.0600. The van der Waals surface area contributed by atoms with Crippen LogP contribution >= 0.6 is 0 Å². The number of esters is 1. The third-order valence-corrected chi connectivity index (χ3v) is 2.94. The Morgan fingerprint density at radius 2 is 2.23 bits per heavy atom. The summed E-state index contributed by atoms with van der Waals surface area (Å²) in [5.74, 6) is 0.286. The molecule has 2 N–H and O–H groups in total. The van der Waals surface area contributed by atoms with Crippen molar-refractivity contribution in [1.29, 1.82) is 5.41 Å². The summed E-state index contributed by atoms with van der Waals surface area (Å²) in [6, 6.07) is 7.08. The molecule has 116 valence electrons. The van der Waals surface area contributed by atoms with Crippen molar-refractivity contribution in [2.45, 2.75) is 13.5 Å². The highest BCUT2D eigenvalue weighted by atomic mass is 16.6. The maximum Gasteiger partial charge on any atom is 0.337 e. The van der Waals surface area contributed by atoms with Crippen molar-refractivity contribution in [3.63, 3.8) is 0 Å². The Labute approximate surface area is 127 Å². The largest absolute Gasteiger partial charge is 0.465 e. The summed E-state index contributed by atoms with van der Waals surface area (Å²) in [5, 5.41) is 11.9. The van der Waals surface area contributed by atoms with Gasteiger partial charge in [-0.25, -0.2) is 14.5 Å². The summed E-state index contributed by atoms with van der Waals surface area (Å²) in [7, 11) is 2.90. The van der Waals surface area contributed by atoms with Gasteiger partial charge in [-0.2, -0.15) is 5.48 Å². The molecule has 8 heteroatoms. The maximum atomic E-state index is 11.5. The minimum absolute atomic E-state index is 0.160. The van der Waals surface area contributed by atoms with Crippen LogP contribution in [-0.4, -0.2) is 40.8 Å². The Bertz CT molecular complexity index is 696. The summed E-state index contributed by atoms with van der Waals surface area (Å²) in [6.45, 7) is 2.21. The zero-order chi connectivity index (χ0) is 16.1. The molecular weight excluding hydrogens is 286 g/mol. The van der Waals surface area contributed by atoms with Crippen LogP contribution < -0.4 is 5.48 Å². The smallest absolute Gasteiger partial charge is 0.337 e. The third-order valence-electron chi connectivity index (χ3n) is 2.94. The monoisotopic (exact) mass is 303 g/mol. The molecule has 8 nitrogen and oxygen atoms in total. The standard InChI is InChI=1S/C14H17N5O3/c1-9-17-13(12(15)22-16-2)18-19(9)8-10-5-4-6-11(7-10)14(20)21-3/h4-7,15-16H,8H2,1-3H3. The van der Waals surface area contributed by atoms with Gasteiger partial charge < -0.3 is 9.57 Å². The maximum absolute atomic E-state index is 11.5. The normalized spacial score (nSPS) is 10.3. The number of carbonyl (C=O) groups is 1. The highest BCUT2D eigenvalue weighted by Gasteiger charge is 2.13. The number of methoxy groups -OCH3 is 1. The molecule has 0 atom stereocenters. The zero-order valence-electron chi connectivity index (χ0n) is 12.6. The fraction of sp³-hybridized carbons (Fsp3) is 0.286. The van der Waals surface area contributed by atoms with Gasteiger partial charge in [-0.05, 0) is 24.6 Å². The van der Waals surface area contributed by atoms with Gasteiger partial charge in [0.05, 0.1) is 19.2 Å². The number of nitrogens with zero attached hydrogens (tertiary/aromatic N) is 3. The van der Waals surface area contributed by atoms with Gasteiger partial charge in [0, 0.05) is 7.05 Å². The summed E-state index contributed by atoms with van der Waals surface area (Å²) >= 11 is 0. The van der Waals surface area contributed by atoms with Gasteiger partial charge in [0.1, 0.15) is 5.82 Å². The highest BCUT2D eigenvalue weighted by Crippen LogP contribution is 2.09. The van der Waals surface area contributed by atoms with Crippen molar-refractivity contribution in [1.82, 2.24) is 20.2 Å². The Hall–Kier alpha value is -2.74. The van der Waals surface area contributed by atoms with Crippen LogP contribution in [0.3, 0.4) is 0 Å². The van der Waals surface area contributed by atoms with E-state index in [1.165, 1.54) is 7.11 Å². The quantitative estimate of drug-likeness (QED) is 0.368. The van der Waals surface area contributed by atoms with Gasteiger partial charge in [-0.3, -0.25) is 5.41 Å². The molecule has 0 amide bonds. The number of hydrogen-bond donors (Lipinski definition) is 2. The Morgan fingerprint density at radius 3 is 2.91 bits per heavy atom. The molecule has 0 fully saturated rings. The number of carbonyl (C=O) groups excluding carboxylic acids is 1. The second-order valence-electron chi connectivity index (χ2n) is 4.47. The van der Waals surface area contributed by atoms with Crippen LogP contribution in [0.4, 0.5) is 0 Å². The fourth-order valence-corrected chi connectivity index (χ4v) is 1.90. The van der Waals surface area contributed by atoms with E-state index in [2.05, 4.69) is 15.6 Å². The third kappa shape index (κ3) is 3.47. The van der Waals surface area contributed by atoms with Crippen LogP contribution in [0.25, 0.3) is 0 Å². The van der Waals surface area contributed by atoms with Crippen LogP contribution in [0.2, 0.25) is 0 Å². The van der Waals surface area contributed by atoms with E-state index >= 15 is 0 Å². The van der Waals surface area contributed by atoms with E-state index in [0.29, 0.717) is 17.9 Å². The molecule has 0 unspecified atom stereocenters. The molecule has 0 radical (unpaired) electrons. The van der Waals surface area contributed by atoms with E-state index in [0.717, 1.165) is 5.56 Å². The molecule has 0 spiro atoms. The van der Waals surface area contributed by atoms with Crippen LogP contribution in [0.5, 0.6) is 0 Å². The number of benzene rings is 1. The van der Waals surface area contributed by atoms with Crippen molar-refractivity contribution in [2.75, 3.05) is 14.2 Å². The molecule has 0 bridgehead atoms. The Kier molecular flexibility index (Phi) is 4.84. The topological polar surface area (TPSA) is 102 Å². The second-order valence-corrected chi connectivity index (χ2v) is 4.47. The number of rotatable bonds is 5. The number of hydroxylamine groups is 1. The molecule has 2 aromatic rings. The number of hydrogen-bond acceptors (Lipinski definition) is 7. The van der Waals surface area contributed by atoms with Crippen molar-refractivity contribution in [3.05, 3.63) is 47.0 Å². The lowest BCUT2D eigenvalue weighted by atomic mass is 10.1. The van der Waals surface area contributed by atoms with Crippen molar-refractivity contribution in [2.24, 2.45) is 0 Å². The molecule has 0 aliphatic heterocycles. The summed E-state index contributed by atoms with van der Waals surface area (Å²) in [5.41, 5.74) is 3.76. The molecule has 1 heterocycles. The van der Waals surface area contributed by atoms with E-state index in [1.807, 2.05) is 6.07 Å². The van der Waals surface area contributed by atoms with Crippen molar-refractivity contribution >= 4 is 11.9 Å². The molecule has 0 aliphatic rings. The van der Waals surface area contributed by atoms with Gasteiger partial charge in [0.2, 0.25) is 5.82 Å². The predicted molar refractivity (Wildman–Crippen MR) is 78.6 cm³/mol. The van der Waals surface area contributed by atoms with Gasteiger partial charge in [0.25, 0.3) is 5.90 Å². The molecule has 1 aromatic carbocycles. The summed E-state index contributed by atoms with van der Waals surface area (Å²) < 4.78 is 6.34. The molecule has 0 saturated heterocycles. The average molecular weight is 303 g/mol. The van der Waals surface area contributed by atoms with E-state index in [9.17, 15) is 4.79 Å². The predicted octanol–water partition coefficient (Wildman–Crippen LogP) is 0.898. The lowest BCUT2D eigenvalue weighted by Crippen LogP contribution is -2.17. The van der Waals surface area contributed by atoms with E-state index in [-0.39, 0.29) is 17.7 Å². The minimum Gasteiger partial charge on any atom is -0.465 e. The van der Waals surface area contributed by atoms with Gasteiger partial charge in [0.15, 0.2) is 0 Å². The number of aryl methyl sites for hydroxylation is 1. The first-order valence-corrected chi connectivity index (χ1v) is 6.56. The second kappa shape index (κ2) is 6.81. The van der Waals surface area contributed by atoms with Crippen LogP contribution in [0.1, 0.15) is 27.6 Å². The van der Waals surface area contributed by atoms with Crippen LogP contribution in [0.15, 0.2) is 24.3 Å². The van der Waals surface area contributed by atoms with Crippen molar-refractivity contribution < 1.29 is 14.4 Å². The molecular formula is C14H17N5O3. The first-order valence-electron chi connectivity index (χ1n) is 6.56. The van der Waals surface area contributed by atoms with E-state index in [4.69, 9.17) is 15.0 Å². The fourth-order valence-electron chi connectivity index (χ4n) is 1.90. The Balaban J connectivity index is 2.20. The Morgan fingerprint density at radius 1 is 1.45 bits per heavy atom. The first-order chi connectivity index (χ1) is 10.5. The van der Waals surface area contributed by atoms with Gasteiger partial charge >= 0.3 is 5.97 Å². The van der Waals surface area contributed by atoms with E-state index < -0.39 is 0 Å². The van der Waals surface area contributed by atoms with Crippen LogP contribution in [-0.2, 0) is 16.1 Å². The molecule has 0 aliphatic carbocycles. The average Bonchev–Trinajstić information content (AvgIpc) is 2.88. The van der Waals surface area contributed by atoms with Crippen molar-refractivity contribution in [3.8, 4) is 0 Å². The van der Waals surface area contributed by atoms with Gasteiger partial charge in [-0.15, -0.1) is 5.10 Å². The SMILES string of the molecule is CNOC(=N)c1nc(C)n(Cc2cccc(C(=O)OC)c2)n1. The zero-order valence-corrected chi connectivity index (χ0v) is 12.6. The first kappa shape index (κ1) is 15.6. The lowest BCUT2D eigenvalue weighted by Gasteiger charge is -2.05. The van der Waals surface area contributed by atoms with Crippen LogP contribution in [0, 0.1) is 12.3 Å². The summed E-state index contributed by atoms with van der Waals surface area (Å²) in [4.78, 5) is 20.6. The number of nitrogens with one attached hydrogen (secondary N) is 2.